The van der Waals surface area contributed by atoms with Crippen LogP contribution in [0.5, 0.6) is 0 Å². The molecule has 0 bridgehead atoms. The second-order valence-electron chi connectivity index (χ2n) is 6.93. The summed E-state index contributed by atoms with van der Waals surface area (Å²) in [5.74, 6) is -0.743. The molecule has 1 N–H and O–H groups in total. The average Bonchev–Trinajstić information content (AvgIpc) is 3.22. The molecular weight excluding hydrogens is 359 g/mol. The molecule has 9 heteroatoms. The molecule has 0 radical (unpaired) electrons. The Morgan fingerprint density at radius 3 is 2.67 bits per heavy atom. The van der Waals surface area contributed by atoms with E-state index < -0.39 is 18.6 Å². The molecule has 2 heterocycles. The highest BCUT2D eigenvalue weighted by Gasteiger charge is 2.36. The van der Waals surface area contributed by atoms with Crippen molar-refractivity contribution in [2.75, 3.05) is 26.2 Å². The van der Waals surface area contributed by atoms with Gasteiger partial charge in [-0.1, -0.05) is 30.3 Å². The third kappa shape index (κ3) is 5.29. The molecule has 1 aromatic heterocycles. The smallest absolute Gasteiger partial charge is 0.328 e. The van der Waals surface area contributed by atoms with E-state index >= 15 is 0 Å². The lowest BCUT2D eigenvalue weighted by Gasteiger charge is -2.26. The number of nitrogens with zero attached hydrogens (tertiary/aromatic N) is 4. The molecule has 1 aromatic carbocycles. The number of aryl methyl sites for hydroxylation is 1. The van der Waals surface area contributed by atoms with Crippen molar-refractivity contribution in [3.63, 3.8) is 0 Å². The molecule has 27 heavy (non-hydrogen) atoms. The van der Waals surface area contributed by atoms with Crippen LogP contribution in [0.25, 0.3) is 0 Å². The molecule has 6 nitrogen and oxygen atoms in total. The van der Waals surface area contributed by atoms with Crippen LogP contribution in [-0.2, 0) is 6.54 Å². The molecule has 3 rings (SSSR count). The van der Waals surface area contributed by atoms with E-state index in [1.165, 1.54) is 5.56 Å². The zero-order chi connectivity index (χ0) is 19.4. The van der Waals surface area contributed by atoms with Gasteiger partial charge in [0.05, 0.1) is 5.69 Å². The van der Waals surface area contributed by atoms with E-state index in [-0.39, 0.29) is 18.2 Å². The molecule has 1 atom stereocenters. The van der Waals surface area contributed by atoms with E-state index in [0.29, 0.717) is 12.2 Å². The van der Waals surface area contributed by atoms with Gasteiger partial charge in [-0.05, 0) is 31.4 Å². The first-order chi connectivity index (χ1) is 12.8. The van der Waals surface area contributed by atoms with E-state index in [9.17, 15) is 18.0 Å². The molecule has 0 spiro atoms. The van der Waals surface area contributed by atoms with Crippen molar-refractivity contribution in [1.29, 1.82) is 0 Å². The Morgan fingerprint density at radius 2 is 2.04 bits per heavy atom. The molecule has 1 unspecified atom stereocenters. The van der Waals surface area contributed by atoms with Gasteiger partial charge < -0.3 is 4.90 Å². The maximum atomic E-state index is 13.0. The van der Waals surface area contributed by atoms with Gasteiger partial charge in [-0.3, -0.25) is 9.69 Å². The average molecular weight is 381 g/mol. The van der Waals surface area contributed by atoms with E-state index in [1.54, 1.807) is 6.92 Å². The first-order valence-electron chi connectivity index (χ1n) is 8.81. The maximum Gasteiger partial charge on any atom is 0.406 e. The van der Waals surface area contributed by atoms with E-state index in [1.807, 2.05) is 30.3 Å². The van der Waals surface area contributed by atoms with Crippen molar-refractivity contribution >= 4 is 5.91 Å². The zero-order valence-electron chi connectivity index (χ0n) is 15.0. The maximum absolute atomic E-state index is 13.0. The molecule has 1 aliphatic heterocycles. The molecule has 146 valence electrons. The van der Waals surface area contributed by atoms with Crippen LogP contribution in [-0.4, -0.2) is 63.5 Å². The number of aromatic amines is 1. The van der Waals surface area contributed by atoms with Crippen LogP contribution in [0.2, 0.25) is 0 Å². The fourth-order valence-electron chi connectivity index (χ4n) is 3.43. The lowest BCUT2D eigenvalue weighted by Crippen LogP contribution is -2.42. The molecule has 2 aromatic rings. The third-order valence-corrected chi connectivity index (χ3v) is 4.68. The van der Waals surface area contributed by atoms with Crippen LogP contribution in [0.4, 0.5) is 13.2 Å². The van der Waals surface area contributed by atoms with Crippen LogP contribution in [0.3, 0.4) is 0 Å². The van der Waals surface area contributed by atoms with Gasteiger partial charge in [0, 0.05) is 19.6 Å². The number of carbonyl (C=O) groups is 1. The van der Waals surface area contributed by atoms with Crippen LogP contribution in [0, 0.1) is 12.8 Å². The van der Waals surface area contributed by atoms with Crippen molar-refractivity contribution in [2.45, 2.75) is 26.1 Å². The van der Waals surface area contributed by atoms with Gasteiger partial charge in [0.2, 0.25) is 0 Å². The largest absolute Gasteiger partial charge is 0.406 e. The minimum Gasteiger partial charge on any atom is -0.328 e. The number of amides is 1. The number of halogens is 3. The number of alkyl halides is 3. The quantitative estimate of drug-likeness (QED) is 0.836. The monoisotopic (exact) mass is 381 g/mol. The summed E-state index contributed by atoms with van der Waals surface area (Å²) < 4.78 is 39.0. The Balaban J connectivity index is 1.64. The third-order valence-electron chi connectivity index (χ3n) is 4.68. The number of aromatic nitrogens is 3. The van der Waals surface area contributed by atoms with Gasteiger partial charge in [-0.2, -0.15) is 28.6 Å². The molecule has 1 amide bonds. The van der Waals surface area contributed by atoms with Gasteiger partial charge in [0.25, 0.3) is 5.91 Å². The van der Waals surface area contributed by atoms with Crippen LogP contribution in [0.1, 0.15) is 28.2 Å². The number of likely N-dealkylation sites (tertiary alicyclic amines) is 1. The van der Waals surface area contributed by atoms with Gasteiger partial charge in [-0.25, -0.2) is 0 Å². The zero-order valence-corrected chi connectivity index (χ0v) is 15.0. The molecule has 0 aliphatic carbocycles. The number of benzene rings is 1. The Bertz CT molecular complexity index is 762. The fraction of sp³-hybridized carbons (Fsp3) is 0.500. The number of hydrogen-bond donors (Lipinski definition) is 1. The second-order valence-corrected chi connectivity index (χ2v) is 6.93. The van der Waals surface area contributed by atoms with Crippen molar-refractivity contribution in [3.8, 4) is 0 Å². The first-order valence-corrected chi connectivity index (χ1v) is 8.81. The molecule has 1 aliphatic rings. The Kier molecular flexibility index (Phi) is 5.79. The standard InChI is InChI=1S/C18H22F3N5O/c1-13-16(23-24-22-13)17(27)26(12-18(19,20)21)11-15-7-8-25(10-15)9-14-5-3-2-4-6-14/h2-6,15H,7-12H2,1H3,(H,22,23,24). The topological polar surface area (TPSA) is 65.1 Å². The van der Waals surface area contributed by atoms with Crippen LogP contribution >= 0.6 is 0 Å². The highest BCUT2D eigenvalue weighted by molar-refractivity contribution is 5.93. The molecule has 1 fully saturated rings. The Labute approximate surface area is 155 Å². The number of hydrogen-bond acceptors (Lipinski definition) is 4. The predicted octanol–water partition coefficient (Wildman–Crippen LogP) is 2.64. The summed E-state index contributed by atoms with van der Waals surface area (Å²) in [6.45, 7) is 2.53. The van der Waals surface area contributed by atoms with Gasteiger partial charge >= 0.3 is 6.18 Å². The van der Waals surface area contributed by atoms with E-state index in [2.05, 4.69) is 20.3 Å². The predicted molar refractivity (Wildman–Crippen MR) is 92.9 cm³/mol. The summed E-state index contributed by atoms with van der Waals surface area (Å²) in [5.41, 5.74) is 1.40. The number of carbonyl (C=O) groups excluding carboxylic acids is 1. The Hall–Kier alpha value is -2.42. The van der Waals surface area contributed by atoms with E-state index in [0.717, 1.165) is 24.4 Å². The highest BCUT2D eigenvalue weighted by atomic mass is 19.4. The van der Waals surface area contributed by atoms with Crippen molar-refractivity contribution in [2.24, 2.45) is 5.92 Å². The van der Waals surface area contributed by atoms with Gasteiger partial charge in [0.15, 0.2) is 5.69 Å². The first kappa shape index (κ1) is 19.3. The summed E-state index contributed by atoms with van der Waals surface area (Å²) in [6.07, 6.45) is -3.71. The highest BCUT2D eigenvalue weighted by Crippen LogP contribution is 2.24. The minimum atomic E-state index is -4.46. The normalized spacial score (nSPS) is 18.0. The van der Waals surface area contributed by atoms with E-state index in [4.69, 9.17) is 0 Å². The summed E-state index contributed by atoms with van der Waals surface area (Å²) in [4.78, 5) is 15.6. The van der Waals surface area contributed by atoms with Gasteiger partial charge in [-0.15, -0.1) is 0 Å². The summed E-state index contributed by atoms with van der Waals surface area (Å²) in [5, 5.41) is 9.73. The number of H-pyrrole nitrogens is 1. The molecular formula is C18H22F3N5O. The summed E-state index contributed by atoms with van der Waals surface area (Å²) in [7, 11) is 0. The number of nitrogens with one attached hydrogen (secondary N) is 1. The van der Waals surface area contributed by atoms with Crippen molar-refractivity contribution in [1.82, 2.24) is 25.2 Å². The lowest BCUT2D eigenvalue weighted by atomic mass is 10.1. The second kappa shape index (κ2) is 8.08. The fourth-order valence-corrected chi connectivity index (χ4v) is 3.43. The number of rotatable bonds is 6. The molecule has 0 saturated carbocycles. The van der Waals surface area contributed by atoms with Crippen LogP contribution in [0.15, 0.2) is 30.3 Å². The van der Waals surface area contributed by atoms with Crippen LogP contribution < -0.4 is 0 Å². The Morgan fingerprint density at radius 1 is 1.30 bits per heavy atom. The summed E-state index contributed by atoms with van der Waals surface area (Å²) in [6, 6.07) is 9.93. The SMILES string of the molecule is Cc1n[nH]nc1C(=O)N(CC1CCN(Cc2ccccc2)C1)CC(F)(F)F. The minimum absolute atomic E-state index is 0.00720. The lowest BCUT2D eigenvalue weighted by molar-refractivity contribution is -0.141. The summed E-state index contributed by atoms with van der Waals surface area (Å²) >= 11 is 0. The van der Waals surface area contributed by atoms with Crippen molar-refractivity contribution in [3.05, 3.63) is 47.3 Å². The van der Waals surface area contributed by atoms with Gasteiger partial charge in [0.1, 0.15) is 6.54 Å². The molecule has 1 saturated heterocycles. The van der Waals surface area contributed by atoms with Crippen molar-refractivity contribution < 1.29 is 18.0 Å².